The van der Waals surface area contributed by atoms with E-state index in [1.807, 2.05) is 29.2 Å². The molecule has 20 heavy (non-hydrogen) atoms. The zero-order valence-electron chi connectivity index (χ0n) is 12.5. The molecule has 0 aromatic heterocycles. The number of carbonyl (C=O) groups excluding carboxylic acids is 1. The Morgan fingerprint density at radius 2 is 1.85 bits per heavy atom. The summed E-state index contributed by atoms with van der Waals surface area (Å²) in [4.78, 5) is 16.5. The maximum absolute atomic E-state index is 12.3. The van der Waals surface area contributed by atoms with Gasteiger partial charge in [0.2, 0.25) is 5.91 Å². The largest absolute Gasteiger partial charge is 0.399 e. The molecule has 4 heteroatoms. The van der Waals surface area contributed by atoms with Gasteiger partial charge < -0.3 is 10.6 Å². The molecule has 1 aliphatic heterocycles. The second-order valence-corrected chi connectivity index (χ2v) is 5.83. The standard InChI is InChI=1S/C16H25N3O/c1-13(2)19(11-14-5-7-15(17)8-6-14)12-16(20)18-9-3-4-10-18/h5-8,13H,3-4,9-12,17H2,1-2H3. The maximum Gasteiger partial charge on any atom is 0.236 e. The molecule has 110 valence electrons. The first-order valence-electron chi connectivity index (χ1n) is 7.42. The van der Waals surface area contributed by atoms with E-state index in [1.165, 1.54) is 5.56 Å². The van der Waals surface area contributed by atoms with Crippen LogP contribution in [0.3, 0.4) is 0 Å². The zero-order valence-corrected chi connectivity index (χ0v) is 12.5. The fraction of sp³-hybridized carbons (Fsp3) is 0.562. The minimum absolute atomic E-state index is 0.256. The van der Waals surface area contributed by atoms with Gasteiger partial charge in [0.1, 0.15) is 0 Å². The third kappa shape index (κ3) is 3.97. The molecule has 1 aromatic carbocycles. The summed E-state index contributed by atoms with van der Waals surface area (Å²) in [5, 5.41) is 0. The molecule has 0 spiro atoms. The molecule has 0 atom stereocenters. The van der Waals surface area contributed by atoms with Crippen LogP contribution in [0.2, 0.25) is 0 Å². The number of anilines is 1. The van der Waals surface area contributed by atoms with Gasteiger partial charge in [-0.2, -0.15) is 0 Å². The van der Waals surface area contributed by atoms with Crippen LogP contribution < -0.4 is 5.73 Å². The number of carbonyl (C=O) groups is 1. The molecule has 0 unspecified atom stereocenters. The van der Waals surface area contributed by atoms with Crippen LogP contribution in [-0.2, 0) is 11.3 Å². The van der Waals surface area contributed by atoms with Crippen LogP contribution in [0.5, 0.6) is 0 Å². The summed E-state index contributed by atoms with van der Waals surface area (Å²) in [6, 6.07) is 8.24. The molecule has 1 aliphatic rings. The lowest BCUT2D eigenvalue weighted by molar-refractivity contribution is -0.131. The van der Waals surface area contributed by atoms with Gasteiger partial charge in [0, 0.05) is 31.4 Å². The quantitative estimate of drug-likeness (QED) is 0.837. The lowest BCUT2D eigenvalue weighted by atomic mass is 10.1. The van der Waals surface area contributed by atoms with Gasteiger partial charge >= 0.3 is 0 Å². The van der Waals surface area contributed by atoms with Crippen LogP contribution in [0.25, 0.3) is 0 Å². The van der Waals surface area contributed by atoms with E-state index in [0.29, 0.717) is 12.6 Å². The van der Waals surface area contributed by atoms with Crippen molar-refractivity contribution in [3.63, 3.8) is 0 Å². The van der Waals surface area contributed by atoms with Gasteiger partial charge in [-0.3, -0.25) is 9.69 Å². The van der Waals surface area contributed by atoms with Gasteiger partial charge in [-0.1, -0.05) is 12.1 Å². The van der Waals surface area contributed by atoms with Crippen molar-refractivity contribution in [3.8, 4) is 0 Å². The van der Waals surface area contributed by atoms with E-state index in [1.54, 1.807) is 0 Å². The van der Waals surface area contributed by atoms with E-state index < -0.39 is 0 Å². The second-order valence-electron chi connectivity index (χ2n) is 5.83. The highest BCUT2D eigenvalue weighted by atomic mass is 16.2. The van der Waals surface area contributed by atoms with Gasteiger partial charge in [-0.25, -0.2) is 0 Å². The number of hydrogen-bond acceptors (Lipinski definition) is 3. The predicted octanol–water partition coefficient (Wildman–Crippen LogP) is 2.10. The number of nitrogen functional groups attached to an aromatic ring is 1. The van der Waals surface area contributed by atoms with Crippen molar-refractivity contribution in [2.24, 2.45) is 0 Å². The number of rotatable bonds is 5. The molecular formula is C16H25N3O. The van der Waals surface area contributed by atoms with Crippen molar-refractivity contribution in [2.75, 3.05) is 25.4 Å². The third-order valence-corrected chi connectivity index (χ3v) is 3.89. The first-order chi connectivity index (χ1) is 9.56. The minimum Gasteiger partial charge on any atom is -0.399 e. The van der Waals surface area contributed by atoms with Crippen LogP contribution in [0, 0.1) is 0 Å². The molecule has 0 saturated carbocycles. The van der Waals surface area contributed by atoms with Crippen molar-refractivity contribution in [1.82, 2.24) is 9.80 Å². The Balaban J connectivity index is 1.96. The summed E-state index contributed by atoms with van der Waals surface area (Å²) >= 11 is 0. The minimum atomic E-state index is 0.256. The molecule has 2 rings (SSSR count). The first kappa shape index (κ1) is 14.9. The van der Waals surface area contributed by atoms with E-state index in [2.05, 4.69) is 18.7 Å². The number of amides is 1. The summed E-state index contributed by atoms with van der Waals surface area (Å²) in [5.41, 5.74) is 7.68. The van der Waals surface area contributed by atoms with Crippen LogP contribution in [-0.4, -0.2) is 41.4 Å². The normalized spacial score (nSPS) is 15.3. The Hall–Kier alpha value is -1.55. The highest BCUT2D eigenvalue weighted by Crippen LogP contribution is 2.13. The van der Waals surface area contributed by atoms with E-state index in [0.717, 1.165) is 38.2 Å². The van der Waals surface area contributed by atoms with E-state index in [4.69, 9.17) is 5.73 Å². The van der Waals surface area contributed by atoms with Crippen LogP contribution in [0.4, 0.5) is 5.69 Å². The lowest BCUT2D eigenvalue weighted by Crippen LogP contribution is -2.41. The summed E-state index contributed by atoms with van der Waals surface area (Å²) in [6.45, 7) is 7.40. The van der Waals surface area contributed by atoms with Crippen LogP contribution in [0.1, 0.15) is 32.3 Å². The zero-order chi connectivity index (χ0) is 14.5. The molecule has 1 aromatic rings. The molecule has 0 bridgehead atoms. The summed E-state index contributed by atoms with van der Waals surface area (Å²) in [5.74, 6) is 0.256. The van der Waals surface area contributed by atoms with Crippen molar-refractivity contribution >= 4 is 11.6 Å². The molecule has 0 radical (unpaired) electrons. The Bertz CT molecular complexity index is 436. The van der Waals surface area contributed by atoms with Crippen molar-refractivity contribution in [2.45, 2.75) is 39.3 Å². The number of nitrogens with two attached hydrogens (primary N) is 1. The van der Waals surface area contributed by atoms with Crippen molar-refractivity contribution in [3.05, 3.63) is 29.8 Å². The molecule has 1 amide bonds. The molecule has 1 saturated heterocycles. The number of nitrogens with zero attached hydrogens (tertiary/aromatic N) is 2. The Labute approximate surface area is 121 Å². The maximum atomic E-state index is 12.3. The van der Waals surface area contributed by atoms with Crippen LogP contribution in [0.15, 0.2) is 24.3 Å². The van der Waals surface area contributed by atoms with Crippen molar-refractivity contribution < 1.29 is 4.79 Å². The van der Waals surface area contributed by atoms with Crippen LogP contribution >= 0.6 is 0 Å². The monoisotopic (exact) mass is 275 g/mol. The highest BCUT2D eigenvalue weighted by Gasteiger charge is 2.21. The van der Waals surface area contributed by atoms with Gasteiger partial charge in [-0.05, 0) is 44.4 Å². The number of benzene rings is 1. The highest BCUT2D eigenvalue weighted by molar-refractivity contribution is 5.78. The Morgan fingerprint density at radius 3 is 2.40 bits per heavy atom. The molecule has 1 fully saturated rings. The topological polar surface area (TPSA) is 49.6 Å². The summed E-state index contributed by atoms with van der Waals surface area (Å²) in [7, 11) is 0. The lowest BCUT2D eigenvalue weighted by Gasteiger charge is -2.28. The smallest absolute Gasteiger partial charge is 0.236 e. The van der Waals surface area contributed by atoms with Crippen molar-refractivity contribution in [1.29, 1.82) is 0 Å². The Kier molecular flexibility index (Phi) is 5.01. The average molecular weight is 275 g/mol. The SMILES string of the molecule is CC(C)N(CC(=O)N1CCCC1)Cc1ccc(N)cc1. The van der Waals surface area contributed by atoms with E-state index in [9.17, 15) is 4.79 Å². The van der Waals surface area contributed by atoms with E-state index in [-0.39, 0.29) is 5.91 Å². The van der Waals surface area contributed by atoms with Gasteiger partial charge in [0.05, 0.1) is 6.54 Å². The molecule has 1 heterocycles. The fourth-order valence-corrected chi connectivity index (χ4v) is 2.52. The average Bonchev–Trinajstić information content (AvgIpc) is 2.94. The van der Waals surface area contributed by atoms with Gasteiger partial charge in [0.15, 0.2) is 0 Å². The molecule has 0 aliphatic carbocycles. The third-order valence-electron chi connectivity index (χ3n) is 3.89. The summed E-state index contributed by atoms with van der Waals surface area (Å²) < 4.78 is 0. The molecule has 2 N–H and O–H groups in total. The van der Waals surface area contributed by atoms with Gasteiger partial charge in [-0.15, -0.1) is 0 Å². The molecule has 4 nitrogen and oxygen atoms in total. The van der Waals surface area contributed by atoms with E-state index >= 15 is 0 Å². The number of hydrogen-bond donors (Lipinski definition) is 1. The summed E-state index contributed by atoms with van der Waals surface area (Å²) in [6.07, 6.45) is 2.29. The van der Waals surface area contributed by atoms with Gasteiger partial charge in [0.25, 0.3) is 0 Å². The molecular weight excluding hydrogens is 250 g/mol. The Morgan fingerprint density at radius 1 is 1.25 bits per heavy atom. The second kappa shape index (κ2) is 6.75. The first-order valence-corrected chi connectivity index (χ1v) is 7.42. The fourth-order valence-electron chi connectivity index (χ4n) is 2.52. The predicted molar refractivity (Wildman–Crippen MR) is 82.2 cm³/mol. The number of likely N-dealkylation sites (tertiary alicyclic amines) is 1.